The monoisotopic (exact) mass is 290 g/mol. The first-order valence-corrected chi connectivity index (χ1v) is 7.90. The molecule has 1 amide bonds. The highest BCUT2D eigenvalue weighted by atomic mass is 16.5. The van der Waals surface area contributed by atoms with Crippen molar-refractivity contribution in [2.75, 3.05) is 19.8 Å². The maximum atomic E-state index is 11.8. The van der Waals surface area contributed by atoms with Crippen LogP contribution in [0.2, 0.25) is 0 Å². The Balaban J connectivity index is 1.50. The SMILES string of the molecule is N[C@@H](CCc1ccccc1)C(=O)NCCCOCC1CC1. The van der Waals surface area contributed by atoms with Gasteiger partial charge in [-0.25, -0.2) is 0 Å². The molecule has 0 saturated heterocycles. The van der Waals surface area contributed by atoms with Crippen molar-refractivity contribution >= 4 is 5.91 Å². The smallest absolute Gasteiger partial charge is 0.236 e. The lowest BCUT2D eigenvalue weighted by molar-refractivity contribution is -0.122. The van der Waals surface area contributed by atoms with Crippen LogP contribution in [0.15, 0.2) is 30.3 Å². The average Bonchev–Trinajstić information content (AvgIpc) is 3.33. The van der Waals surface area contributed by atoms with Gasteiger partial charge >= 0.3 is 0 Å². The van der Waals surface area contributed by atoms with Crippen LogP contribution in [0.4, 0.5) is 0 Å². The third kappa shape index (κ3) is 6.74. The van der Waals surface area contributed by atoms with Crippen LogP contribution in [0.5, 0.6) is 0 Å². The molecule has 1 aromatic carbocycles. The molecule has 1 aromatic rings. The molecular formula is C17H26N2O2. The fraction of sp³-hybridized carbons (Fsp3) is 0.588. The number of benzene rings is 1. The van der Waals surface area contributed by atoms with Gasteiger partial charge in [-0.1, -0.05) is 30.3 Å². The Hall–Kier alpha value is -1.39. The van der Waals surface area contributed by atoms with Gasteiger partial charge in [0.2, 0.25) is 5.91 Å². The zero-order valence-corrected chi connectivity index (χ0v) is 12.6. The highest BCUT2D eigenvalue weighted by Gasteiger charge is 2.20. The fourth-order valence-electron chi connectivity index (χ4n) is 2.15. The van der Waals surface area contributed by atoms with Gasteiger partial charge in [0.1, 0.15) is 0 Å². The summed E-state index contributed by atoms with van der Waals surface area (Å²) in [7, 11) is 0. The van der Waals surface area contributed by atoms with Gasteiger partial charge in [0.15, 0.2) is 0 Å². The topological polar surface area (TPSA) is 64.4 Å². The lowest BCUT2D eigenvalue weighted by Crippen LogP contribution is -2.41. The Labute approximate surface area is 127 Å². The summed E-state index contributed by atoms with van der Waals surface area (Å²) >= 11 is 0. The average molecular weight is 290 g/mol. The molecule has 0 aliphatic heterocycles. The highest BCUT2D eigenvalue weighted by Crippen LogP contribution is 2.28. The highest BCUT2D eigenvalue weighted by molar-refractivity contribution is 5.81. The van der Waals surface area contributed by atoms with Crippen LogP contribution < -0.4 is 11.1 Å². The van der Waals surface area contributed by atoms with Crippen LogP contribution in [0, 0.1) is 5.92 Å². The third-order valence-electron chi connectivity index (χ3n) is 3.74. The molecule has 0 aromatic heterocycles. The zero-order valence-electron chi connectivity index (χ0n) is 12.6. The summed E-state index contributed by atoms with van der Waals surface area (Å²) in [6.07, 6.45) is 4.98. The molecule has 1 fully saturated rings. The maximum absolute atomic E-state index is 11.8. The first-order valence-electron chi connectivity index (χ1n) is 7.90. The number of carbonyl (C=O) groups excluding carboxylic acids is 1. The number of rotatable bonds is 10. The van der Waals surface area contributed by atoms with Gasteiger partial charge in [-0.05, 0) is 43.6 Å². The summed E-state index contributed by atoms with van der Waals surface area (Å²) in [6, 6.07) is 9.67. The lowest BCUT2D eigenvalue weighted by Gasteiger charge is -2.12. The summed E-state index contributed by atoms with van der Waals surface area (Å²) < 4.78 is 5.52. The van der Waals surface area contributed by atoms with E-state index in [0.29, 0.717) is 13.0 Å². The van der Waals surface area contributed by atoms with Crippen molar-refractivity contribution in [3.8, 4) is 0 Å². The molecule has 0 radical (unpaired) electrons. The lowest BCUT2D eigenvalue weighted by atomic mass is 10.1. The van der Waals surface area contributed by atoms with E-state index in [2.05, 4.69) is 17.4 Å². The number of nitrogens with two attached hydrogens (primary N) is 1. The standard InChI is InChI=1S/C17H26N2O2/c18-16(10-9-14-5-2-1-3-6-14)17(20)19-11-4-12-21-13-15-7-8-15/h1-3,5-6,15-16H,4,7-13,18H2,(H,19,20)/t16-/m0/s1. The van der Waals surface area contributed by atoms with Crippen LogP contribution in [0.25, 0.3) is 0 Å². The summed E-state index contributed by atoms with van der Waals surface area (Å²) in [6.45, 7) is 2.24. The van der Waals surface area contributed by atoms with E-state index >= 15 is 0 Å². The summed E-state index contributed by atoms with van der Waals surface area (Å²) in [5.74, 6) is 0.735. The number of amides is 1. The summed E-state index contributed by atoms with van der Waals surface area (Å²) in [5.41, 5.74) is 7.13. The van der Waals surface area contributed by atoms with E-state index in [-0.39, 0.29) is 5.91 Å². The molecule has 0 spiro atoms. The van der Waals surface area contributed by atoms with Gasteiger partial charge in [-0.2, -0.15) is 0 Å². The molecule has 1 aliphatic carbocycles. The van der Waals surface area contributed by atoms with Gasteiger partial charge < -0.3 is 15.8 Å². The molecule has 4 heteroatoms. The number of hydrogen-bond donors (Lipinski definition) is 2. The largest absolute Gasteiger partial charge is 0.381 e. The van der Waals surface area contributed by atoms with Crippen LogP contribution in [0.3, 0.4) is 0 Å². The first-order chi connectivity index (χ1) is 10.3. The number of hydrogen-bond acceptors (Lipinski definition) is 3. The quantitative estimate of drug-likeness (QED) is 0.647. The van der Waals surface area contributed by atoms with E-state index in [1.165, 1.54) is 18.4 Å². The minimum absolute atomic E-state index is 0.0619. The van der Waals surface area contributed by atoms with Crippen LogP contribution in [-0.4, -0.2) is 31.7 Å². The summed E-state index contributed by atoms with van der Waals surface area (Å²) in [4.78, 5) is 11.8. The molecular weight excluding hydrogens is 264 g/mol. The Morgan fingerprint density at radius 1 is 1.33 bits per heavy atom. The van der Waals surface area contributed by atoms with E-state index in [0.717, 1.165) is 32.0 Å². The van der Waals surface area contributed by atoms with E-state index in [9.17, 15) is 4.79 Å². The molecule has 4 nitrogen and oxygen atoms in total. The molecule has 0 unspecified atom stereocenters. The van der Waals surface area contributed by atoms with Crippen molar-refractivity contribution in [3.63, 3.8) is 0 Å². The minimum Gasteiger partial charge on any atom is -0.381 e. The fourth-order valence-corrected chi connectivity index (χ4v) is 2.15. The van der Waals surface area contributed by atoms with E-state index in [1.807, 2.05) is 18.2 Å². The van der Waals surface area contributed by atoms with Gasteiger partial charge in [-0.3, -0.25) is 4.79 Å². The van der Waals surface area contributed by atoms with Crippen molar-refractivity contribution < 1.29 is 9.53 Å². The molecule has 0 bridgehead atoms. The van der Waals surface area contributed by atoms with Crippen LogP contribution in [0.1, 0.15) is 31.2 Å². The van der Waals surface area contributed by atoms with Gasteiger partial charge in [0.25, 0.3) is 0 Å². The third-order valence-corrected chi connectivity index (χ3v) is 3.74. The Morgan fingerprint density at radius 3 is 2.81 bits per heavy atom. The Kier molecular flexibility index (Phi) is 6.70. The zero-order chi connectivity index (χ0) is 14.9. The maximum Gasteiger partial charge on any atom is 0.236 e. The molecule has 2 rings (SSSR count). The molecule has 0 heterocycles. The second kappa shape index (κ2) is 8.80. The van der Waals surface area contributed by atoms with Crippen LogP contribution >= 0.6 is 0 Å². The van der Waals surface area contributed by atoms with Crippen molar-refractivity contribution in [2.24, 2.45) is 11.7 Å². The Bertz CT molecular complexity index is 418. The molecule has 1 aliphatic rings. The predicted molar refractivity (Wildman–Crippen MR) is 83.9 cm³/mol. The molecule has 1 atom stereocenters. The van der Waals surface area contributed by atoms with Crippen molar-refractivity contribution in [2.45, 2.75) is 38.1 Å². The van der Waals surface area contributed by atoms with Crippen molar-refractivity contribution in [1.29, 1.82) is 0 Å². The summed E-state index contributed by atoms with van der Waals surface area (Å²) in [5, 5.41) is 2.88. The molecule has 116 valence electrons. The number of carbonyl (C=O) groups is 1. The number of nitrogens with one attached hydrogen (secondary N) is 1. The number of aryl methyl sites for hydroxylation is 1. The van der Waals surface area contributed by atoms with Gasteiger partial charge in [-0.15, -0.1) is 0 Å². The van der Waals surface area contributed by atoms with Crippen molar-refractivity contribution in [3.05, 3.63) is 35.9 Å². The second-order valence-corrected chi connectivity index (χ2v) is 5.79. The normalized spacial score (nSPS) is 15.7. The van der Waals surface area contributed by atoms with E-state index in [4.69, 9.17) is 10.5 Å². The van der Waals surface area contributed by atoms with E-state index in [1.54, 1.807) is 0 Å². The second-order valence-electron chi connectivity index (χ2n) is 5.79. The van der Waals surface area contributed by atoms with Gasteiger partial charge in [0.05, 0.1) is 6.04 Å². The first kappa shape index (κ1) is 16.0. The molecule has 21 heavy (non-hydrogen) atoms. The Morgan fingerprint density at radius 2 is 2.10 bits per heavy atom. The molecule has 1 saturated carbocycles. The number of ether oxygens (including phenoxy) is 1. The minimum atomic E-state index is -0.433. The van der Waals surface area contributed by atoms with Gasteiger partial charge in [0, 0.05) is 19.8 Å². The predicted octanol–water partition coefficient (Wildman–Crippen LogP) is 1.88. The molecule has 3 N–H and O–H groups in total. The van der Waals surface area contributed by atoms with Crippen LogP contribution in [-0.2, 0) is 16.0 Å². The van der Waals surface area contributed by atoms with E-state index < -0.39 is 6.04 Å². The van der Waals surface area contributed by atoms with Crippen molar-refractivity contribution in [1.82, 2.24) is 5.32 Å².